The fraction of sp³-hybridized carbons (Fsp3) is 0.0588. The average Bonchev–Trinajstić information content (AvgIpc) is 3.30. The van der Waals surface area contributed by atoms with Crippen molar-refractivity contribution in [3.05, 3.63) is 62.1 Å². The minimum atomic E-state index is 0.781. The third-order valence-electron chi connectivity index (χ3n) is 3.97. The van der Waals surface area contributed by atoms with E-state index in [0.29, 0.717) is 0 Å². The molecule has 1 aromatic carbocycles. The van der Waals surface area contributed by atoms with E-state index in [4.69, 9.17) is 8.83 Å². The number of benzene rings is 1. The first-order valence-corrected chi connectivity index (χ1v) is 7.16. The fourth-order valence-electron chi connectivity index (χ4n) is 2.84. The van der Waals surface area contributed by atoms with Crippen molar-refractivity contribution in [3.63, 3.8) is 0 Å². The van der Waals surface area contributed by atoms with Gasteiger partial charge >= 0.3 is 0 Å². The number of hydrogen-bond donors (Lipinski definition) is 0. The van der Waals surface area contributed by atoms with Crippen LogP contribution in [0, 0.1) is 6.20 Å². The van der Waals surface area contributed by atoms with Gasteiger partial charge in [0, 0.05) is 29.2 Å². The molecular weight excluding hydrogens is 292 g/mol. The summed E-state index contributed by atoms with van der Waals surface area (Å²) in [4.78, 5) is 4.10. The highest BCUT2D eigenvalue weighted by Gasteiger charge is 2.13. The summed E-state index contributed by atoms with van der Waals surface area (Å²) in [6.45, 7) is 0. The summed E-state index contributed by atoms with van der Waals surface area (Å²) < 4.78 is 17.1. The van der Waals surface area contributed by atoms with Crippen LogP contribution in [0.1, 0.15) is 0 Å². The molecule has 0 atom stereocenters. The van der Waals surface area contributed by atoms with Gasteiger partial charge in [0.1, 0.15) is 23.8 Å². The summed E-state index contributed by atoms with van der Waals surface area (Å²) in [7, 11) is 1.96. The van der Waals surface area contributed by atoms with Crippen molar-refractivity contribution < 1.29 is 13.4 Å². The predicted octanol–water partition coefficient (Wildman–Crippen LogP) is 2.78. The molecule has 6 nitrogen and oxygen atoms in total. The van der Waals surface area contributed by atoms with Crippen molar-refractivity contribution >= 4 is 21.9 Å². The number of rotatable bonds is 2. The summed E-state index contributed by atoms with van der Waals surface area (Å²) in [5.41, 5.74) is 3.46. The molecule has 0 N–H and O–H groups in total. The van der Waals surface area contributed by atoms with Gasteiger partial charge in [-0.2, -0.15) is 0 Å². The topological polar surface area (TPSA) is 52.9 Å². The lowest BCUT2D eigenvalue weighted by Crippen LogP contribution is -2.27. The number of nitrogens with zero attached hydrogens (tertiary/aromatic N) is 4. The fourth-order valence-corrected chi connectivity index (χ4v) is 2.84. The van der Waals surface area contributed by atoms with E-state index in [9.17, 15) is 0 Å². The van der Waals surface area contributed by atoms with E-state index in [2.05, 4.69) is 17.2 Å². The SMILES string of the molecule is Cn1c[c-][n+](-c2coc3cc4occ(-n5ccnc5)c4cc23)c1. The molecule has 0 amide bonds. The summed E-state index contributed by atoms with van der Waals surface area (Å²) in [5.74, 6) is 0. The highest BCUT2D eigenvalue weighted by Crippen LogP contribution is 2.31. The van der Waals surface area contributed by atoms with Crippen LogP contribution in [0.2, 0.25) is 0 Å². The van der Waals surface area contributed by atoms with Gasteiger partial charge in [-0.3, -0.25) is 0 Å². The molecule has 0 radical (unpaired) electrons. The van der Waals surface area contributed by atoms with Crippen molar-refractivity contribution in [2.24, 2.45) is 7.05 Å². The van der Waals surface area contributed by atoms with Crippen LogP contribution < -0.4 is 4.57 Å². The summed E-state index contributed by atoms with van der Waals surface area (Å²) in [6, 6.07) is 3.99. The molecule has 0 fully saturated rings. The van der Waals surface area contributed by atoms with Crippen LogP contribution in [0.5, 0.6) is 0 Å². The molecule has 23 heavy (non-hydrogen) atoms. The number of fused-ring (bicyclic) bond motifs is 2. The molecule has 0 aliphatic carbocycles. The third kappa shape index (κ3) is 1.75. The Morgan fingerprint density at radius 2 is 2.00 bits per heavy atom. The molecule has 4 heterocycles. The number of aromatic nitrogens is 4. The number of hydrogen-bond acceptors (Lipinski definition) is 3. The standard InChI is InChI=1S/C17H12N4O2/c1-19-4-5-21(11-19)15-9-23-17-7-16-12(6-13(15)17)14(8-22-16)20-3-2-18-10-20/h2-4,6-11H,1H3. The van der Waals surface area contributed by atoms with Crippen LogP contribution in [-0.4, -0.2) is 14.1 Å². The van der Waals surface area contributed by atoms with Crippen molar-refractivity contribution in [2.75, 3.05) is 0 Å². The monoisotopic (exact) mass is 304 g/mol. The molecule has 5 aromatic rings. The zero-order chi connectivity index (χ0) is 15.4. The van der Waals surface area contributed by atoms with E-state index in [-0.39, 0.29) is 0 Å². The minimum Gasteiger partial charge on any atom is -0.474 e. The Morgan fingerprint density at radius 3 is 2.78 bits per heavy atom. The molecule has 0 bridgehead atoms. The number of furan rings is 2. The van der Waals surface area contributed by atoms with Crippen molar-refractivity contribution in [2.45, 2.75) is 0 Å². The molecule has 0 aliphatic rings. The molecule has 112 valence electrons. The lowest BCUT2D eigenvalue weighted by Gasteiger charge is -2.02. The smallest absolute Gasteiger partial charge is 0.141 e. The molecule has 6 heteroatoms. The van der Waals surface area contributed by atoms with Crippen LogP contribution in [-0.2, 0) is 7.05 Å². The van der Waals surface area contributed by atoms with Crippen LogP contribution in [0.3, 0.4) is 0 Å². The average molecular weight is 304 g/mol. The van der Waals surface area contributed by atoms with Gasteiger partial charge in [-0.15, -0.1) is 0 Å². The van der Waals surface area contributed by atoms with Gasteiger partial charge in [0.05, 0.1) is 43.4 Å². The van der Waals surface area contributed by atoms with E-state index in [1.54, 1.807) is 25.1 Å². The van der Waals surface area contributed by atoms with E-state index >= 15 is 0 Å². The highest BCUT2D eigenvalue weighted by molar-refractivity contribution is 6.00. The Kier molecular flexibility index (Phi) is 2.33. The van der Waals surface area contributed by atoms with Gasteiger partial charge in [0.15, 0.2) is 0 Å². The Labute approximate surface area is 130 Å². The van der Waals surface area contributed by atoms with Crippen LogP contribution in [0.15, 0.2) is 64.7 Å². The van der Waals surface area contributed by atoms with Gasteiger partial charge < -0.3 is 22.5 Å². The maximum absolute atomic E-state index is 5.69. The summed E-state index contributed by atoms with van der Waals surface area (Å²) >= 11 is 0. The molecular formula is C17H12N4O2. The zero-order valence-electron chi connectivity index (χ0n) is 12.3. The second-order valence-corrected chi connectivity index (χ2v) is 5.47. The van der Waals surface area contributed by atoms with Crippen molar-refractivity contribution in [3.8, 4) is 11.4 Å². The number of imidazole rings is 2. The van der Waals surface area contributed by atoms with Gasteiger partial charge in [0.25, 0.3) is 0 Å². The van der Waals surface area contributed by atoms with Gasteiger partial charge in [-0.1, -0.05) is 0 Å². The largest absolute Gasteiger partial charge is 0.474 e. The molecule has 0 saturated heterocycles. The first kappa shape index (κ1) is 12.3. The lowest BCUT2D eigenvalue weighted by molar-refractivity contribution is -0.598. The molecule has 0 saturated carbocycles. The summed E-state index contributed by atoms with van der Waals surface area (Å²) in [5, 5.41) is 2.02. The maximum Gasteiger partial charge on any atom is 0.141 e. The van der Waals surface area contributed by atoms with Crippen LogP contribution in [0.4, 0.5) is 0 Å². The quantitative estimate of drug-likeness (QED) is 0.372. The molecule has 0 aliphatic heterocycles. The lowest BCUT2D eigenvalue weighted by atomic mass is 10.1. The highest BCUT2D eigenvalue weighted by atomic mass is 16.3. The predicted molar refractivity (Wildman–Crippen MR) is 82.4 cm³/mol. The third-order valence-corrected chi connectivity index (χ3v) is 3.97. The molecule has 0 unspecified atom stereocenters. The van der Waals surface area contributed by atoms with E-state index < -0.39 is 0 Å². The van der Waals surface area contributed by atoms with E-state index in [1.165, 1.54) is 0 Å². The van der Waals surface area contributed by atoms with E-state index in [1.807, 2.05) is 45.5 Å². The second-order valence-electron chi connectivity index (χ2n) is 5.47. The maximum atomic E-state index is 5.69. The zero-order valence-corrected chi connectivity index (χ0v) is 12.3. The van der Waals surface area contributed by atoms with E-state index in [0.717, 1.165) is 33.3 Å². The molecule has 5 rings (SSSR count). The normalized spacial score (nSPS) is 11.7. The Balaban J connectivity index is 1.80. The van der Waals surface area contributed by atoms with Crippen LogP contribution in [0.25, 0.3) is 33.3 Å². The number of aryl methyl sites for hydroxylation is 1. The van der Waals surface area contributed by atoms with Gasteiger partial charge in [-0.25, -0.2) is 4.98 Å². The minimum absolute atomic E-state index is 0.781. The second kappa shape index (κ2) is 4.36. The Hall–Kier alpha value is -3.28. The van der Waals surface area contributed by atoms with Crippen molar-refractivity contribution in [1.29, 1.82) is 0 Å². The van der Waals surface area contributed by atoms with Crippen LogP contribution >= 0.6 is 0 Å². The Morgan fingerprint density at radius 1 is 1.13 bits per heavy atom. The van der Waals surface area contributed by atoms with Crippen molar-refractivity contribution in [1.82, 2.24) is 14.1 Å². The Bertz CT molecular complexity index is 1130. The summed E-state index contributed by atoms with van der Waals surface area (Å²) in [6.07, 6.45) is 15.8. The first-order valence-electron chi connectivity index (χ1n) is 7.16. The van der Waals surface area contributed by atoms with Gasteiger partial charge in [0.2, 0.25) is 0 Å². The molecule has 4 aromatic heterocycles. The van der Waals surface area contributed by atoms with Gasteiger partial charge in [-0.05, 0) is 6.07 Å². The molecule has 0 spiro atoms. The first-order chi connectivity index (χ1) is 11.3.